The molecule has 1 aliphatic carbocycles. The molecule has 3 N–H and O–H groups in total. The Labute approximate surface area is 198 Å². The highest BCUT2D eigenvalue weighted by molar-refractivity contribution is 7.90. The molecule has 1 aliphatic heterocycles. The molecule has 0 atom stereocenters. The van der Waals surface area contributed by atoms with Crippen LogP contribution in [-0.2, 0) is 26.7 Å². The van der Waals surface area contributed by atoms with Crippen LogP contribution in [0.3, 0.4) is 0 Å². The van der Waals surface area contributed by atoms with Crippen LogP contribution in [0.5, 0.6) is 0 Å². The van der Waals surface area contributed by atoms with E-state index < -0.39 is 21.3 Å². The predicted molar refractivity (Wildman–Crippen MR) is 126 cm³/mol. The van der Waals surface area contributed by atoms with Gasteiger partial charge >= 0.3 is 0 Å². The Morgan fingerprint density at radius 2 is 1.94 bits per heavy atom. The molecule has 1 saturated carbocycles. The highest BCUT2D eigenvalue weighted by Crippen LogP contribution is 2.34. The Morgan fingerprint density at radius 3 is 2.53 bits per heavy atom. The van der Waals surface area contributed by atoms with Crippen LogP contribution in [0.15, 0.2) is 35.4 Å². The summed E-state index contributed by atoms with van der Waals surface area (Å²) in [5.74, 6) is -0.782. The Hall–Kier alpha value is -3.23. The largest absolute Gasteiger partial charge is 0.365 e. The number of primary amides is 1. The lowest BCUT2D eigenvalue weighted by Gasteiger charge is -2.39. The summed E-state index contributed by atoms with van der Waals surface area (Å²) in [5, 5.41) is 7.21. The molecule has 4 rings (SSSR count). The summed E-state index contributed by atoms with van der Waals surface area (Å²) in [4.78, 5) is 30.4. The SMILES string of the molecule is [C-]#[N+]CC1(n2cc(C(N)=O)c(NC(=O)C3CC3)n2)CCN(Cc2ccccc2S(C)(=O)=O)CC1. The van der Waals surface area contributed by atoms with E-state index in [9.17, 15) is 18.0 Å². The van der Waals surface area contributed by atoms with Gasteiger partial charge in [-0.2, -0.15) is 5.10 Å². The number of carbonyl (C=O) groups excluding carboxylic acids is 2. The molecule has 1 saturated heterocycles. The molecule has 1 aromatic carbocycles. The number of carbonyl (C=O) groups is 2. The van der Waals surface area contributed by atoms with Crippen LogP contribution in [0, 0.1) is 12.5 Å². The van der Waals surface area contributed by atoms with Crippen molar-refractivity contribution >= 4 is 27.5 Å². The first-order valence-corrected chi connectivity index (χ1v) is 13.1. The quantitative estimate of drug-likeness (QED) is 0.548. The summed E-state index contributed by atoms with van der Waals surface area (Å²) in [6.45, 7) is 9.37. The zero-order chi connectivity index (χ0) is 24.5. The van der Waals surface area contributed by atoms with E-state index in [0.717, 1.165) is 18.4 Å². The van der Waals surface area contributed by atoms with Gasteiger partial charge in [-0.15, -0.1) is 0 Å². The van der Waals surface area contributed by atoms with E-state index >= 15 is 0 Å². The number of hydrogen-bond donors (Lipinski definition) is 2. The third-order valence-electron chi connectivity index (χ3n) is 6.58. The minimum Gasteiger partial charge on any atom is -0.365 e. The van der Waals surface area contributed by atoms with Crippen molar-refractivity contribution in [3.63, 3.8) is 0 Å². The van der Waals surface area contributed by atoms with Gasteiger partial charge in [0.2, 0.25) is 12.5 Å². The van der Waals surface area contributed by atoms with Gasteiger partial charge in [-0.1, -0.05) is 18.2 Å². The normalized spacial score (nSPS) is 18.2. The number of sulfone groups is 1. The number of aromatic nitrogens is 2. The maximum atomic E-state index is 12.2. The highest BCUT2D eigenvalue weighted by Gasteiger charge is 2.42. The van der Waals surface area contributed by atoms with E-state index in [-0.39, 0.29) is 29.8 Å². The van der Waals surface area contributed by atoms with E-state index in [0.29, 0.717) is 37.4 Å². The summed E-state index contributed by atoms with van der Waals surface area (Å²) in [6, 6.07) is 6.97. The lowest BCUT2D eigenvalue weighted by Crippen LogP contribution is -2.48. The molecule has 2 aromatic rings. The first-order valence-electron chi connectivity index (χ1n) is 11.2. The molecule has 0 unspecified atom stereocenters. The van der Waals surface area contributed by atoms with Crippen LogP contribution in [0.1, 0.15) is 41.6 Å². The average Bonchev–Trinajstić information content (AvgIpc) is 3.55. The summed E-state index contributed by atoms with van der Waals surface area (Å²) in [6.07, 6.45) is 5.52. The molecule has 2 amide bonds. The second kappa shape index (κ2) is 9.19. The standard InChI is InChI=1S/C23H28N6O4S/c1-25-15-23(29-14-18(20(24)30)21(27-29)26-22(31)16-7-8-16)9-11-28(12-10-23)13-17-5-3-4-6-19(17)34(2,32)33/h3-6,14,16H,7-13,15H2,2H3,(H2,24,30)(H,26,27,31). The number of rotatable bonds is 8. The molecule has 34 heavy (non-hydrogen) atoms. The van der Waals surface area contributed by atoms with Crippen molar-refractivity contribution in [2.24, 2.45) is 11.7 Å². The minimum atomic E-state index is -3.34. The summed E-state index contributed by atoms with van der Waals surface area (Å²) >= 11 is 0. The maximum Gasteiger partial charge on any atom is 0.254 e. The average molecular weight is 485 g/mol. The monoisotopic (exact) mass is 484 g/mol. The van der Waals surface area contributed by atoms with Gasteiger partial charge in [0.05, 0.1) is 4.90 Å². The van der Waals surface area contributed by atoms with Crippen molar-refractivity contribution in [2.45, 2.75) is 42.7 Å². The fourth-order valence-corrected chi connectivity index (χ4v) is 5.36. The molecule has 11 heteroatoms. The Kier molecular flexibility index (Phi) is 6.47. The van der Waals surface area contributed by atoms with Gasteiger partial charge in [-0.05, 0) is 37.3 Å². The molecule has 2 fully saturated rings. The van der Waals surface area contributed by atoms with E-state index in [1.165, 1.54) is 12.5 Å². The number of amides is 2. The smallest absolute Gasteiger partial charge is 0.254 e. The molecule has 2 aliphatic rings. The second-order valence-electron chi connectivity index (χ2n) is 9.16. The second-order valence-corrected chi connectivity index (χ2v) is 11.1. The zero-order valence-electron chi connectivity index (χ0n) is 19.0. The maximum absolute atomic E-state index is 12.2. The number of piperidine rings is 1. The van der Waals surface area contributed by atoms with Gasteiger partial charge in [0.25, 0.3) is 5.91 Å². The molecule has 180 valence electrons. The summed E-state index contributed by atoms with van der Waals surface area (Å²) < 4.78 is 25.9. The van der Waals surface area contributed by atoms with Crippen molar-refractivity contribution < 1.29 is 18.0 Å². The van der Waals surface area contributed by atoms with Crippen molar-refractivity contribution in [3.8, 4) is 0 Å². The molecule has 0 radical (unpaired) electrons. The fraction of sp³-hybridized carbons (Fsp3) is 0.478. The van der Waals surface area contributed by atoms with Gasteiger partial charge < -0.3 is 15.9 Å². The number of benzene rings is 1. The lowest BCUT2D eigenvalue weighted by molar-refractivity contribution is -0.117. The van der Waals surface area contributed by atoms with Gasteiger partial charge in [0.1, 0.15) is 11.1 Å². The van der Waals surface area contributed by atoms with Crippen LogP contribution in [-0.4, -0.2) is 60.8 Å². The first-order chi connectivity index (χ1) is 16.1. The molecule has 0 bridgehead atoms. The minimum absolute atomic E-state index is 0.0545. The lowest BCUT2D eigenvalue weighted by atomic mass is 9.87. The zero-order valence-corrected chi connectivity index (χ0v) is 19.8. The molecule has 10 nitrogen and oxygen atoms in total. The van der Waals surface area contributed by atoms with Crippen LogP contribution >= 0.6 is 0 Å². The van der Waals surface area contributed by atoms with Crippen molar-refractivity contribution in [1.29, 1.82) is 0 Å². The van der Waals surface area contributed by atoms with E-state index in [2.05, 4.69) is 20.2 Å². The summed E-state index contributed by atoms with van der Waals surface area (Å²) in [7, 11) is -3.34. The van der Waals surface area contributed by atoms with Gasteiger partial charge in [0.15, 0.2) is 15.7 Å². The highest BCUT2D eigenvalue weighted by atomic mass is 32.2. The van der Waals surface area contributed by atoms with E-state index in [1.54, 1.807) is 16.8 Å². The fourth-order valence-electron chi connectivity index (χ4n) is 4.43. The van der Waals surface area contributed by atoms with E-state index in [1.807, 2.05) is 12.1 Å². The number of hydrogen-bond acceptors (Lipinski definition) is 6. The van der Waals surface area contributed by atoms with Gasteiger partial charge in [0, 0.05) is 38.0 Å². The molecule has 0 spiro atoms. The summed E-state index contributed by atoms with van der Waals surface area (Å²) in [5.41, 5.74) is 5.75. The van der Waals surface area contributed by atoms with Crippen molar-refractivity contribution in [2.75, 3.05) is 31.2 Å². The Balaban J connectivity index is 1.54. The predicted octanol–water partition coefficient (Wildman–Crippen LogP) is 1.64. The number of nitrogens with two attached hydrogens (primary N) is 1. The first kappa shape index (κ1) is 23.9. The van der Waals surface area contributed by atoms with Crippen LogP contribution < -0.4 is 11.1 Å². The molecular weight excluding hydrogens is 456 g/mol. The molecular formula is C23H28N6O4S. The third-order valence-corrected chi connectivity index (χ3v) is 7.78. The Morgan fingerprint density at radius 1 is 1.26 bits per heavy atom. The van der Waals surface area contributed by atoms with Gasteiger partial charge in [-0.3, -0.25) is 19.2 Å². The van der Waals surface area contributed by atoms with Gasteiger partial charge in [-0.25, -0.2) is 15.0 Å². The number of nitrogens with one attached hydrogen (secondary N) is 1. The van der Waals surface area contributed by atoms with Crippen molar-refractivity contribution in [3.05, 3.63) is 53.0 Å². The van der Waals surface area contributed by atoms with E-state index in [4.69, 9.17) is 12.3 Å². The van der Waals surface area contributed by atoms with Crippen LogP contribution in [0.4, 0.5) is 5.82 Å². The Bertz CT molecular complexity index is 1250. The van der Waals surface area contributed by atoms with Crippen LogP contribution in [0.25, 0.3) is 4.85 Å². The molecule has 2 heterocycles. The molecule has 1 aromatic heterocycles. The number of nitrogens with zero attached hydrogens (tertiary/aromatic N) is 4. The number of likely N-dealkylation sites (tertiary alicyclic amines) is 1. The number of anilines is 1. The topological polar surface area (TPSA) is 132 Å². The third kappa shape index (κ3) is 4.98. The van der Waals surface area contributed by atoms with Crippen molar-refractivity contribution in [1.82, 2.24) is 14.7 Å². The van der Waals surface area contributed by atoms with Crippen LogP contribution in [0.2, 0.25) is 0 Å².